The predicted molar refractivity (Wildman–Crippen MR) is 109 cm³/mol. The average Bonchev–Trinajstić information content (AvgIpc) is 2.65. The molecule has 1 N–H and O–H groups in total. The second-order valence-electron chi connectivity index (χ2n) is 7.46. The second kappa shape index (κ2) is 9.77. The van der Waals surface area contributed by atoms with Crippen LogP contribution in [0.4, 0.5) is 0 Å². The van der Waals surface area contributed by atoms with Crippen LogP contribution in [0.5, 0.6) is 0 Å². The minimum atomic E-state index is 0.0789. The molecule has 26 heavy (non-hydrogen) atoms. The summed E-state index contributed by atoms with van der Waals surface area (Å²) >= 11 is 12.3. The van der Waals surface area contributed by atoms with E-state index in [0.717, 1.165) is 51.0 Å². The molecule has 0 saturated carbocycles. The van der Waals surface area contributed by atoms with Crippen molar-refractivity contribution >= 4 is 29.1 Å². The molecular formula is C21H28Cl2N2O. The van der Waals surface area contributed by atoms with Crippen molar-refractivity contribution in [2.45, 2.75) is 51.5 Å². The van der Waals surface area contributed by atoms with Crippen LogP contribution in [-0.4, -0.2) is 30.4 Å². The Bertz CT molecular complexity index is 659. The monoisotopic (exact) mass is 394 g/mol. The van der Waals surface area contributed by atoms with Gasteiger partial charge in [-0.2, -0.15) is 0 Å². The van der Waals surface area contributed by atoms with E-state index in [1.165, 1.54) is 31.3 Å². The zero-order valence-electron chi connectivity index (χ0n) is 15.3. The van der Waals surface area contributed by atoms with Crippen LogP contribution in [0.3, 0.4) is 0 Å². The van der Waals surface area contributed by atoms with Crippen LogP contribution >= 0.6 is 23.2 Å². The van der Waals surface area contributed by atoms with Gasteiger partial charge in [0.2, 0.25) is 5.91 Å². The predicted octanol–water partition coefficient (Wildman–Crippen LogP) is 5.21. The fourth-order valence-electron chi connectivity index (χ4n) is 3.93. The van der Waals surface area contributed by atoms with Gasteiger partial charge in [-0.25, -0.2) is 0 Å². The molecule has 0 radical (unpaired) electrons. The molecule has 1 aromatic rings. The summed E-state index contributed by atoms with van der Waals surface area (Å²) < 4.78 is 0. The van der Waals surface area contributed by atoms with Crippen LogP contribution < -0.4 is 5.32 Å². The largest absolute Gasteiger partial charge is 0.356 e. The number of nitrogens with one attached hydrogen (secondary N) is 1. The number of carbonyl (C=O) groups excluding carboxylic acids is 1. The summed E-state index contributed by atoms with van der Waals surface area (Å²) in [6, 6.07) is 5.63. The number of piperidine rings is 1. The molecule has 1 unspecified atom stereocenters. The number of amides is 1. The SMILES string of the molecule is O=C(NCCC1=CCCCC1)C1CCCN(Cc2ccc(Cl)cc2Cl)C1. The molecule has 5 heteroatoms. The number of hydrogen-bond acceptors (Lipinski definition) is 2. The molecule has 0 bridgehead atoms. The van der Waals surface area contributed by atoms with Gasteiger partial charge in [0, 0.05) is 29.7 Å². The van der Waals surface area contributed by atoms with E-state index in [2.05, 4.69) is 16.3 Å². The van der Waals surface area contributed by atoms with Crippen molar-refractivity contribution < 1.29 is 4.79 Å². The minimum absolute atomic E-state index is 0.0789. The number of hydrogen-bond donors (Lipinski definition) is 1. The van der Waals surface area contributed by atoms with E-state index in [1.807, 2.05) is 12.1 Å². The van der Waals surface area contributed by atoms with Crippen LogP contribution in [0.15, 0.2) is 29.8 Å². The first-order chi connectivity index (χ1) is 12.6. The highest BCUT2D eigenvalue weighted by Crippen LogP contribution is 2.25. The number of allylic oxidation sites excluding steroid dienone is 1. The number of benzene rings is 1. The molecule has 1 aliphatic heterocycles. The highest BCUT2D eigenvalue weighted by Gasteiger charge is 2.26. The van der Waals surface area contributed by atoms with Gasteiger partial charge in [-0.1, -0.05) is 40.9 Å². The topological polar surface area (TPSA) is 32.3 Å². The maximum absolute atomic E-state index is 12.5. The summed E-state index contributed by atoms with van der Waals surface area (Å²) in [4.78, 5) is 14.9. The van der Waals surface area contributed by atoms with E-state index >= 15 is 0 Å². The molecule has 1 aromatic carbocycles. The Morgan fingerprint density at radius 3 is 2.88 bits per heavy atom. The molecule has 2 aliphatic rings. The third kappa shape index (κ3) is 5.73. The Balaban J connectivity index is 1.46. The second-order valence-corrected chi connectivity index (χ2v) is 8.30. The van der Waals surface area contributed by atoms with Crippen molar-refractivity contribution in [3.8, 4) is 0 Å². The number of likely N-dealkylation sites (tertiary alicyclic amines) is 1. The molecule has 3 rings (SSSR count). The van der Waals surface area contributed by atoms with Crippen LogP contribution in [0.25, 0.3) is 0 Å². The zero-order valence-corrected chi connectivity index (χ0v) is 16.8. The Morgan fingerprint density at radius 2 is 2.12 bits per heavy atom. The van der Waals surface area contributed by atoms with E-state index in [-0.39, 0.29) is 11.8 Å². The number of carbonyl (C=O) groups is 1. The summed E-state index contributed by atoms with van der Waals surface area (Å²) in [6.45, 7) is 3.35. The smallest absolute Gasteiger partial charge is 0.224 e. The van der Waals surface area contributed by atoms with E-state index in [0.29, 0.717) is 10.0 Å². The minimum Gasteiger partial charge on any atom is -0.356 e. The van der Waals surface area contributed by atoms with Crippen LogP contribution in [0, 0.1) is 5.92 Å². The van der Waals surface area contributed by atoms with Crippen LogP contribution in [0.2, 0.25) is 10.0 Å². The standard InChI is InChI=1S/C21H28Cl2N2O/c22-19-9-8-17(20(23)13-19)14-25-12-4-7-18(15-25)21(26)24-11-10-16-5-2-1-3-6-16/h5,8-9,13,18H,1-4,6-7,10-12,14-15H2,(H,24,26). The summed E-state index contributed by atoms with van der Waals surface area (Å²) in [5, 5.41) is 4.51. The molecule has 0 spiro atoms. The van der Waals surface area contributed by atoms with Gasteiger partial charge in [-0.3, -0.25) is 9.69 Å². The van der Waals surface area contributed by atoms with Gasteiger partial charge >= 0.3 is 0 Å². The first-order valence-corrected chi connectivity index (χ1v) is 10.5. The highest BCUT2D eigenvalue weighted by molar-refractivity contribution is 6.35. The number of nitrogens with zero attached hydrogens (tertiary/aromatic N) is 1. The van der Waals surface area contributed by atoms with Crippen molar-refractivity contribution in [3.63, 3.8) is 0 Å². The average molecular weight is 395 g/mol. The van der Waals surface area contributed by atoms with Gasteiger partial charge in [-0.05, 0) is 69.2 Å². The third-order valence-electron chi connectivity index (χ3n) is 5.42. The van der Waals surface area contributed by atoms with Gasteiger partial charge in [0.25, 0.3) is 0 Å². The van der Waals surface area contributed by atoms with Crippen molar-refractivity contribution in [2.24, 2.45) is 5.92 Å². The molecule has 1 saturated heterocycles. The maximum Gasteiger partial charge on any atom is 0.224 e. The Labute approximate surface area is 166 Å². The first-order valence-electron chi connectivity index (χ1n) is 9.74. The molecule has 142 valence electrons. The van der Waals surface area contributed by atoms with Gasteiger partial charge in [0.1, 0.15) is 0 Å². The number of halogens is 2. The molecule has 3 nitrogen and oxygen atoms in total. The molecular weight excluding hydrogens is 367 g/mol. The van der Waals surface area contributed by atoms with Gasteiger partial charge < -0.3 is 5.32 Å². The quantitative estimate of drug-likeness (QED) is 0.671. The molecule has 1 aliphatic carbocycles. The molecule has 1 fully saturated rings. The zero-order chi connectivity index (χ0) is 18.4. The van der Waals surface area contributed by atoms with E-state index in [1.54, 1.807) is 6.07 Å². The van der Waals surface area contributed by atoms with E-state index in [9.17, 15) is 4.79 Å². The number of rotatable bonds is 6. The summed E-state index contributed by atoms with van der Waals surface area (Å²) in [6.07, 6.45) is 10.4. The Hall–Kier alpha value is -1.03. The van der Waals surface area contributed by atoms with Crippen molar-refractivity contribution in [1.82, 2.24) is 10.2 Å². The lowest BCUT2D eigenvalue weighted by molar-refractivity contribution is -0.126. The van der Waals surface area contributed by atoms with Gasteiger partial charge in [0.15, 0.2) is 0 Å². The summed E-state index contributed by atoms with van der Waals surface area (Å²) in [7, 11) is 0. The van der Waals surface area contributed by atoms with Gasteiger partial charge in [-0.15, -0.1) is 0 Å². The lowest BCUT2D eigenvalue weighted by Crippen LogP contribution is -2.43. The Morgan fingerprint density at radius 1 is 1.23 bits per heavy atom. The third-order valence-corrected chi connectivity index (χ3v) is 6.00. The van der Waals surface area contributed by atoms with Crippen molar-refractivity contribution in [1.29, 1.82) is 0 Å². The molecule has 1 heterocycles. The fourth-order valence-corrected chi connectivity index (χ4v) is 4.39. The normalized spacial score (nSPS) is 21.3. The van der Waals surface area contributed by atoms with E-state index < -0.39 is 0 Å². The lowest BCUT2D eigenvalue weighted by Gasteiger charge is -2.32. The lowest BCUT2D eigenvalue weighted by atomic mass is 9.95. The van der Waals surface area contributed by atoms with Crippen LogP contribution in [0.1, 0.15) is 50.5 Å². The van der Waals surface area contributed by atoms with Crippen molar-refractivity contribution in [2.75, 3.05) is 19.6 Å². The summed E-state index contributed by atoms with van der Waals surface area (Å²) in [5.74, 6) is 0.281. The van der Waals surface area contributed by atoms with E-state index in [4.69, 9.17) is 23.2 Å². The maximum atomic E-state index is 12.5. The van der Waals surface area contributed by atoms with Crippen LogP contribution in [-0.2, 0) is 11.3 Å². The Kier molecular flexibility index (Phi) is 7.42. The summed E-state index contributed by atoms with van der Waals surface area (Å²) in [5.41, 5.74) is 2.58. The molecule has 1 atom stereocenters. The van der Waals surface area contributed by atoms with Gasteiger partial charge in [0.05, 0.1) is 5.92 Å². The first kappa shape index (κ1) is 19.7. The highest BCUT2D eigenvalue weighted by atomic mass is 35.5. The fraction of sp³-hybridized carbons (Fsp3) is 0.571. The molecule has 1 amide bonds. The van der Waals surface area contributed by atoms with Crippen molar-refractivity contribution in [3.05, 3.63) is 45.5 Å². The molecule has 0 aromatic heterocycles.